The molecule has 4 nitrogen and oxygen atoms in total. The highest BCUT2D eigenvalue weighted by Crippen LogP contribution is 2.26. The van der Waals surface area contributed by atoms with Gasteiger partial charge in [0.25, 0.3) is 0 Å². The summed E-state index contributed by atoms with van der Waals surface area (Å²) in [6.45, 7) is 1.43. The second-order valence-electron chi connectivity index (χ2n) is 3.94. The van der Waals surface area contributed by atoms with E-state index in [-0.39, 0.29) is 0 Å². The van der Waals surface area contributed by atoms with E-state index < -0.39 is 17.9 Å². The van der Waals surface area contributed by atoms with Gasteiger partial charge in [-0.05, 0) is 24.6 Å². The second-order valence-corrected chi connectivity index (χ2v) is 4.72. The molecule has 0 spiro atoms. The minimum atomic E-state index is -1.06. The number of rotatable bonds is 4. The number of halogens is 2. The van der Waals surface area contributed by atoms with Crippen LogP contribution in [0.2, 0.25) is 10.0 Å². The molecule has 0 aliphatic carbocycles. The predicted molar refractivity (Wildman–Crippen MR) is 75.4 cm³/mol. The van der Waals surface area contributed by atoms with E-state index in [1.807, 2.05) is 0 Å². The molecule has 6 heteroatoms. The molecule has 1 N–H and O–H groups in total. The molecule has 0 bridgehead atoms. The number of nitrogens with zero attached hydrogens (tertiary/aromatic N) is 1. The monoisotopic (exact) mass is 301 g/mol. The van der Waals surface area contributed by atoms with Crippen molar-refractivity contribution in [2.75, 3.05) is 7.05 Å². The lowest BCUT2D eigenvalue weighted by Gasteiger charge is -2.19. The van der Waals surface area contributed by atoms with Crippen molar-refractivity contribution < 1.29 is 14.7 Å². The fourth-order valence-corrected chi connectivity index (χ4v) is 1.66. The minimum Gasteiger partial charge on any atom is -0.480 e. The normalized spacial score (nSPS) is 12.4. The average molecular weight is 302 g/mol. The number of aliphatic carboxylic acids is 1. The Labute approximate surface area is 121 Å². The number of carbonyl (C=O) groups excluding carboxylic acids is 1. The van der Waals surface area contributed by atoms with Gasteiger partial charge in [0.05, 0.1) is 10.0 Å². The Morgan fingerprint density at radius 3 is 2.58 bits per heavy atom. The van der Waals surface area contributed by atoms with Crippen molar-refractivity contribution in [3.05, 3.63) is 39.9 Å². The number of likely N-dealkylation sites (N-methyl/N-ethyl adjacent to an activating group) is 1. The van der Waals surface area contributed by atoms with Crippen molar-refractivity contribution in [2.24, 2.45) is 0 Å². The van der Waals surface area contributed by atoms with E-state index in [1.54, 1.807) is 18.2 Å². The van der Waals surface area contributed by atoms with Crippen LogP contribution in [-0.4, -0.2) is 35.0 Å². The number of hydrogen-bond acceptors (Lipinski definition) is 2. The molecule has 102 valence electrons. The molecule has 0 fully saturated rings. The largest absolute Gasteiger partial charge is 0.480 e. The molecular formula is C13H13Cl2NO3. The van der Waals surface area contributed by atoms with Gasteiger partial charge in [-0.15, -0.1) is 0 Å². The van der Waals surface area contributed by atoms with Gasteiger partial charge in [-0.1, -0.05) is 35.3 Å². The molecule has 1 aromatic carbocycles. The van der Waals surface area contributed by atoms with Gasteiger partial charge in [0.15, 0.2) is 0 Å². The number of carboxylic acids is 1. The van der Waals surface area contributed by atoms with E-state index in [0.717, 1.165) is 4.90 Å². The topological polar surface area (TPSA) is 57.6 Å². The fourth-order valence-electron chi connectivity index (χ4n) is 1.28. The SMILES string of the molecule is CC(C(=O)O)N(C)C(=O)C=Cc1cccc(Cl)c1Cl. The fraction of sp³-hybridized carbons (Fsp3) is 0.231. The number of benzene rings is 1. The number of carbonyl (C=O) groups is 2. The third kappa shape index (κ3) is 3.98. The molecular weight excluding hydrogens is 289 g/mol. The van der Waals surface area contributed by atoms with Gasteiger partial charge in [0.2, 0.25) is 5.91 Å². The number of amides is 1. The Balaban J connectivity index is 2.84. The molecule has 19 heavy (non-hydrogen) atoms. The molecule has 0 aliphatic rings. The third-order valence-corrected chi connectivity index (χ3v) is 3.51. The molecule has 0 aliphatic heterocycles. The Hall–Kier alpha value is -1.52. The highest BCUT2D eigenvalue weighted by atomic mass is 35.5. The van der Waals surface area contributed by atoms with Crippen LogP contribution in [0.3, 0.4) is 0 Å². The van der Waals surface area contributed by atoms with Crippen LogP contribution in [0.25, 0.3) is 6.08 Å². The summed E-state index contributed by atoms with van der Waals surface area (Å²) < 4.78 is 0. The third-order valence-electron chi connectivity index (χ3n) is 2.67. The van der Waals surface area contributed by atoms with E-state index >= 15 is 0 Å². The van der Waals surface area contributed by atoms with E-state index in [4.69, 9.17) is 28.3 Å². The molecule has 0 aromatic heterocycles. The van der Waals surface area contributed by atoms with E-state index in [1.165, 1.54) is 26.1 Å². The van der Waals surface area contributed by atoms with Crippen LogP contribution in [0.15, 0.2) is 24.3 Å². The first-order chi connectivity index (χ1) is 8.84. The van der Waals surface area contributed by atoms with Crippen LogP contribution in [0.1, 0.15) is 12.5 Å². The van der Waals surface area contributed by atoms with Crippen LogP contribution in [0.5, 0.6) is 0 Å². The first-order valence-electron chi connectivity index (χ1n) is 5.46. The van der Waals surface area contributed by atoms with Gasteiger partial charge in [-0.25, -0.2) is 4.79 Å². The summed E-state index contributed by atoms with van der Waals surface area (Å²) in [5, 5.41) is 9.55. The summed E-state index contributed by atoms with van der Waals surface area (Å²) in [5.41, 5.74) is 0.596. The zero-order chi connectivity index (χ0) is 14.6. The molecule has 1 unspecified atom stereocenters. The molecule has 1 rings (SSSR count). The van der Waals surface area contributed by atoms with Gasteiger partial charge >= 0.3 is 5.97 Å². The highest BCUT2D eigenvalue weighted by molar-refractivity contribution is 6.42. The van der Waals surface area contributed by atoms with Gasteiger partial charge in [-0.2, -0.15) is 0 Å². The van der Waals surface area contributed by atoms with Gasteiger partial charge in [0.1, 0.15) is 6.04 Å². The minimum absolute atomic E-state index is 0.349. The molecule has 0 heterocycles. The summed E-state index contributed by atoms with van der Waals surface area (Å²) in [6, 6.07) is 4.16. The molecule has 1 aromatic rings. The first-order valence-corrected chi connectivity index (χ1v) is 6.22. The van der Waals surface area contributed by atoms with Crippen molar-refractivity contribution in [3.63, 3.8) is 0 Å². The molecule has 0 radical (unpaired) electrons. The maximum atomic E-state index is 11.8. The lowest BCUT2D eigenvalue weighted by Crippen LogP contribution is -2.39. The number of carboxylic acid groups (broad SMARTS) is 1. The second kappa shape index (κ2) is 6.59. The Kier molecular flexibility index (Phi) is 5.39. The van der Waals surface area contributed by atoms with E-state index in [9.17, 15) is 9.59 Å². The maximum Gasteiger partial charge on any atom is 0.326 e. The van der Waals surface area contributed by atoms with E-state index in [2.05, 4.69) is 0 Å². The Morgan fingerprint density at radius 1 is 1.37 bits per heavy atom. The molecule has 1 amide bonds. The van der Waals surface area contributed by atoms with Crippen LogP contribution in [0.4, 0.5) is 0 Å². The predicted octanol–water partition coefficient (Wildman–Crippen LogP) is 2.94. The molecule has 1 atom stereocenters. The standard InChI is InChI=1S/C13H13Cl2NO3/c1-8(13(18)19)16(2)11(17)7-6-9-4-3-5-10(14)12(9)15/h3-8H,1-2H3,(H,18,19). The van der Waals surface area contributed by atoms with Crippen LogP contribution >= 0.6 is 23.2 Å². The zero-order valence-electron chi connectivity index (χ0n) is 10.4. The number of hydrogen-bond donors (Lipinski definition) is 1. The summed E-state index contributed by atoms with van der Waals surface area (Å²) in [5.74, 6) is -1.49. The zero-order valence-corrected chi connectivity index (χ0v) is 11.9. The van der Waals surface area contributed by atoms with Crippen molar-refractivity contribution in [2.45, 2.75) is 13.0 Å². The summed E-state index contributed by atoms with van der Waals surface area (Å²) in [7, 11) is 1.42. The maximum absolute atomic E-state index is 11.8. The lowest BCUT2D eigenvalue weighted by atomic mass is 10.2. The highest BCUT2D eigenvalue weighted by Gasteiger charge is 2.19. The van der Waals surface area contributed by atoms with Gasteiger partial charge in [-0.3, -0.25) is 4.79 Å². The van der Waals surface area contributed by atoms with Gasteiger partial charge < -0.3 is 10.0 Å². The van der Waals surface area contributed by atoms with Crippen molar-refractivity contribution in [1.82, 2.24) is 4.90 Å². The lowest BCUT2D eigenvalue weighted by molar-refractivity contribution is -0.146. The van der Waals surface area contributed by atoms with Crippen LogP contribution in [0, 0.1) is 0 Å². The van der Waals surface area contributed by atoms with Crippen molar-refractivity contribution in [3.8, 4) is 0 Å². The summed E-state index contributed by atoms with van der Waals surface area (Å²) in [4.78, 5) is 23.6. The molecule has 0 saturated carbocycles. The van der Waals surface area contributed by atoms with Crippen molar-refractivity contribution in [1.29, 1.82) is 0 Å². The van der Waals surface area contributed by atoms with Gasteiger partial charge in [0, 0.05) is 13.1 Å². The van der Waals surface area contributed by atoms with E-state index in [0.29, 0.717) is 15.6 Å². The molecule has 0 saturated heterocycles. The first kappa shape index (κ1) is 15.5. The summed E-state index contributed by atoms with van der Waals surface area (Å²) >= 11 is 11.8. The average Bonchev–Trinajstić information content (AvgIpc) is 2.38. The Bertz CT molecular complexity index is 529. The Morgan fingerprint density at radius 2 is 2.00 bits per heavy atom. The quantitative estimate of drug-likeness (QED) is 0.870. The van der Waals surface area contributed by atoms with Crippen LogP contribution in [-0.2, 0) is 9.59 Å². The van der Waals surface area contributed by atoms with Crippen molar-refractivity contribution >= 4 is 41.2 Å². The summed E-state index contributed by atoms with van der Waals surface area (Å²) in [6.07, 6.45) is 2.76. The van der Waals surface area contributed by atoms with Crippen LogP contribution < -0.4 is 0 Å². The smallest absolute Gasteiger partial charge is 0.326 e.